The number of nitrogens with one attached hydrogen (secondary N) is 1. The van der Waals surface area contributed by atoms with Crippen LogP contribution in [0.3, 0.4) is 0 Å². The highest BCUT2D eigenvalue weighted by Gasteiger charge is 2.20. The highest BCUT2D eigenvalue weighted by atomic mass is 32.2. The van der Waals surface area contributed by atoms with Crippen LogP contribution in [0, 0.1) is 0 Å². The Bertz CT molecular complexity index is 1010. The number of benzene rings is 1. The molecule has 1 aromatic carbocycles. The summed E-state index contributed by atoms with van der Waals surface area (Å²) in [6, 6.07) is 12.0. The molecule has 0 saturated carbocycles. The molecule has 0 saturated heterocycles. The molecular weight excluding hydrogens is 366 g/mol. The molecule has 27 heavy (non-hydrogen) atoms. The lowest BCUT2D eigenvalue weighted by Gasteiger charge is -2.12. The molecule has 0 amide bonds. The number of ether oxygens (including phenoxy) is 2. The Morgan fingerprint density at radius 3 is 2.52 bits per heavy atom. The minimum Gasteiger partial charge on any atom is -0.497 e. The molecule has 2 heterocycles. The molecule has 2 aromatic heterocycles. The van der Waals surface area contributed by atoms with Gasteiger partial charge < -0.3 is 9.47 Å². The molecule has 8 heteroatoms. The average molecular weight is 385 g/mol. The topological polar surface area (TPSA) is 90.4 Å². The van der Waals surface area contributed by atoms with E-state index in [1.54, 1.807) is 30.7 Å². The number of aromatic nitrogens is 2. The number of pyridine rings is 2. The van der Waals surface area contributed by atoms with E-state index in [0.29, 0.717) is 5.75 Å². The lowest BCUT2D eigenvalue weighted by molar-refractivity contribution is 0.392. The molecule has 0 bridgehead atoms. The molecule has 0 atom stereocenters. The average Bonchev–Trinajstić information content (AvgIpc) is 2.73. The van der Waals surface area contributed by atoms with E-state index in [9.17, 15) is 8.42 Å². The molecule has 0 fully saturated rings. The molecule has 7 nitrogen and oxygen atoms in total. The number of hydrogen-bond donors (Lipinski definition) is 1. The Labute approximate surface area is 158 Å². The highest BCUT2D eigenvalue weighted by Crippen LogP contribution is 2.28. The molecule has 0 aliphatic heterocycles. The number of hydrogen-bond acceptors (Lipinski definition) is 6. The Hall–Kier alpha value is -2.97. The van der Waals surface area contributed by atoms with Gasteiger partial charge in [-0.3, -0.25) is 9.97 Å². The number of nitrogens with zero attached hydrogens (tertiary/aromatic N) is 2. The predicted molar refractivity (Wildman–Crippen MR) is 101 cm³/mol. The fourth-order valence-corrected chi connectivity index (χ4v) is 3.66. The highest BCUT2D eigenvalue weighted by molar-refractivity contribution is 7.89. The second-order valence-corrected chi connectivity index (χ2v) is 7.37. The fraction of sp³-hybridized carbons (Fsp3) is 0.158. The van der Waals surface area contributed by atoms with Gasteiger partial charge >= 0.3 is 0 Å². The van der Waals surface area contributed by atoms with Crippen molar-refractivity contribution < 1.29 is 17.9 Å². The Morgan fingerprint density at radius 2 is 1.89 bits per heavy atom. The van der Waals surface area contributed by atoms with Gasteiger partial charge in [0.15, 0.2) is 0 Å². The summed E-state index contributed by atoms with van der Waals surface area (Å²) in [6.07, 6.45) is 5.05. The van der Waals surface area contributed by atoms with Gasteiger partial charge in [-0.15, -0.1) is 0 Å². The van der Waals surface area contributed by atoms with E-state index in [1.165, 1.54) is 20.3 Å². The van der Waals surface area contributed by atoms with E-state index in [1.807, 2.05) is 24.3 Å². The summed E-state index contributed by atoms with van der Waals surface area (Å²) < 4.78 is 38.2. The summed E-state index contributed by atoms with van der Waals surface area (Å²) in [7, 11) is -0.897. The summed E-state index contributed by atoms with van der Waals surface area (Å²) in [4.78, 5) is 8.44. The third-order valence-corrected chi connectivity index (χ3v) is 5.33. The molecular formula is C19H19N3O4S. The van der Waals surface area contributed by atoms with Crippen LogP contribution in [0.25, 0.3) is 11.3 Å². The van der Waals surface area contributed by atoms with Crippen molar-refractivity contribution in [3.8, 4) is 22.8 Å². The standard InChI is InChI=1S/C19H19N3O4S/c1-25-16-6-8-18(26-2)19(10-16)27(23,24)22-12-14-5-7-17(21-11-14)15-4-3-9-20-13-15/h3-11,13,22H,12H2,1-2H3. The van der Waals surface area contributed by atoms with Gasteiger partial charge in [-0.05, 0) is 35.9 Å². The smallest absolute Gasteiger partial charge is 0.244 e. The summed E-state index contributed by atoms with van der Waals surface area (Å²) in [5, 5.41) is 0. The fourth-order valence-electron chi connectivity index (χ4n) is 2.46. The number of sulfonamides is 1. The Kier molecular flexibility index (Phi) is 5.68. The summed E-state index contributed by atoms with van der Waals surface area (Å²) in [6.45, 7) is 0.100. The van der Waals surface area contributed by atoms with Crippen molar-refractivity contribution in [2.45, 2.75) is 11.4 Å². The van der Waals surface area contributed by atoms with E-state index in [-0.39, 0.29) is 17.2 Å². The summed E-state index contributed by atoms with van der Waals surface area (Å²) in [5.74, 6) is 0.673. The first kappa shape index (κ1) is 18.8. The van der Waals surface area contributed by atoms with Crippen LogP contribution in [0.2, 0.25) is 0 Å². The van der Waals surface area contributed by atoms with Gasteiger partial charge in [0, 0.05) is 36.8 Å². The lowest BCUT2D eigenvalue weighted by Crippen LogP contribution is -2.24. The van der Waals surface area contributed by atoms with Gasteiger partial charge in [-0.2, -0.15) is 0 Å². The molecule has 3 aromatic rings. The third-order valence-electron chi connectivity index (χ3n) is 3.91. The van der Waals surface area contributed by atoms with Gasteiger partial charge in [-0.25, -0.2) is 13.1 Å². The van der Waals surface area contributed by atoms with Crippen LogP contribution in [0.4, 0.5) is 0 Å². The van der Waals surface area contributed by atoms with E-state index in [4.69, 9.17) is 9.47 Å². The second kappa shape index (κ2) is 8.15. The Balaban J connectivity index is 1.76. The minimum absolute atomic E-state index is 0.0179. The van der Waals surface area contributed by atoms with E-state index >= 15 is 0 Å². The minimum atomic E-state index is -3.79. The van der Waals surface area contributed by atoms with Crippen LogP contribution >= 0.6 is 0 Å². The van der Waals surface area contributed by atoms with Gasteiger partial charge in [0.1, 0.15) is 16.4 Å². The van der Waals surface area contributed by atoms with Gasteiger partial charge in [0.25, 0.3) is 0 Å². The van der Waals surface area contributed by atoms with Gasteiger partial charge in [0.2, 0.25) is 10.0 Å². The maximum atomic E-state index is 12.7. The van der Waals surface area contributed by atoms with E-state index in [2.05, 4.69) is 14.7 Å². The molecule has 0 unspecified atom stereocenters. The monoisotopic (exact) mass is 385 g/mol. The zero-order valence-electron chi connectivity index (χ0n) is 14.9. The van der Waals surface area contributed by atoms with Crippen LogP contribution in [0.5, 0.6) is 11.5 Å². The summed E-state index contributed by atoms with van der Waals surface area (Å²) >= 11 is 0. The quantitative estimate of drug-likeness (QED) is 0.672. The first-order valence-electron chi connectivity index (χ1n) is 8.10. The zero-order valence-corrected chi connectivity index (χ0v) is 15.7. The molecule has 0 spiro atoms. The summed E-state index contributed by atoms with van der Waals surface area (Å²) in [5.41, 5.74) is 2.39. The van der Waals surface area contributed by atoms with Crippen LogP contribution in [0.15, 0.2) is 66.0 Å². The first-order chi connectivity index (χ1) is 13.0. The van der Waals surface area contributed by atoms with Crippen molar-refractivity contribution >= 4 is 10.0 Å². The Morgan fingerprint density at radius 1 is 1.04 bits per heavy atom. The molecule has 0 aliphatic rings. The molecule has 1 N–H and O–H groups in total. The van der Waals surface area contributed by atoms with Gasteiger partial charge in [-0.1, -0.05) is 6.07 Å². The van der Waals surface area contributed by atoms with Crippen LogP contribution < -0.4 is 14.2 Å². The van der Waals surface area contributed by atoms with Crippen molar-refractivity contribution in [1.29, 1.82) is 0 Å². The second-order valence-electron chi connectivity index (χ2n) is 5.63. The molecule has 3 rings (SSSR count). The van der Waals surface area contributed by atoms with E-state index in [0.717, 1.165) is 16.8 Å². The third kappa shape index (κ3) is 4.42. The van der Waals surface area contributed by atoms with Crippen molar-refractivity contribution in [3.05, 3.63) is 66.6 Å². The molecule has 0 aliphatic carbocycles. The molecule has 140 valence electrons. The maximum absolute atomic E-state index is 12.7. The van der Waals surface area contributed by atoms with Crippen molar-refractivity contribution in [2.75, 3.05) is 14.2 Å². The zero-order chi connectivity index (χ0) is 19.3. The van der Waals surface area contributed by atoms with Crippen molar-refractivity contribution in [3.63, 3.8) is 0 Å². The van der Waals surface area contributed by atoms with Crippen molar-refractivity contribution in [2.24, 2.45) is 0 Å². The maximum Gasteiger partial charge on any atom is 0.244 e. The van der Waals surface area contributed by atoms with Crippen LogP contribution in [-0.2, 0) is 16.6 Å². The predicted octanol–water partition coefficient (Wildman–Crippen LogP) is 2.64. The van der Waals surface area contributed by atoms with Crippen LogP contribution in [0.1, 0.15) is 5.56 Å². The van der Waals surface area contributed by atoms with Gasteiger partial charge in [0.05, 0.1) is 19.9 Å². The van der Waals surface area contributed by atoms with Crippen molar-refractivity contribution in [1.82, 2.24) is 14.7 Å². The number of methoxy groups -OCH3 is 2. The lowest BCUT2D eigenvalue weighted by atomic mass is 10.1. The van der Waals surface area contributed by atoms with E-state index < -0.39 is 10.0 Å². The number of rotatable bonds is 7. The SMILES string of the molecule is COc1ccc(OC)c(S(=O)(=O)NCc2ccc(-c3cccnc3)nc2)c1. The molecule has 0 radical (unpaired) electrons. The first-order valence-corrected chi connectivity index (χ1v) is 9.59. The normalized spacial score (nSPS) is 11.2. The van der Waals surface area contributed by atoms with Crippen LogP contribution in [-0.4, -0.2) is 32.6 Å². The largest absolute Gasteiger partial charge is 0.497 e.